The number of carbonyl (C=O) groups is 1. The molecule has 1 atom stereocenters. The average Bonchev–Trinajstić information content (AvgIpc) is 2.71. The van der Waals surface area contributed by atoms with Crippen LogP contribution in [-0.2, 0) is 13.8 Å². The Hall–Kier alpha value is -1.48. The molecule has 1 rings (SSSR count). The Morgan fingerprint density at radius 2 is 1.66 bits per heavy atom. The largest absolute Gasteiger partial charge is 0.496 e. The Kier molecular flexibility index (Phi) is 11.4. The molecule has 0 saturated carbocycles. The number of ether oxygens (including phenoxy) is 4. The molecule has 12 heteroatoms. The Morgan fingerprint density at radius 1 is 1.10 bits per heavy atom. The van der Waals surface area contributed by atoms with Gasteiger partial charge in [0.2, 0.25) is 0 Å². The van der Waals surface area contributed by atoms with Crippen molar-refractivity contribution in [1.29, 1.82) is 0 Å². The third-order valence-electron chi connectivity index (χ3n) is 3.63. The van der Waals surface area contributed by atoms with Gasteiger partial charge in [0.15, 0.2) is 0 Å². The maximum atomic E-state index is 12.4. The molecule has 1 aromatic rings. The predicted molar refractivity (Wildman–Crippen MR) is 111 cm³/mol. The smallest absolute Gasteiger partial charge is 0.350 e. The normalized spacial score (nSPS) is 13.3. The summed E-state index contributed by atoms with van der Waals surface area (Å²) in [6, 6.07) is 3.05. The summed E-state index contributed by atoms with van der Waals surface area (Å²) in [6.45, 7) is 0.370. The molecule has 0 aliphatic heterocycles. The lowest BCUT2D eigenvalue weighted by Crippen LogP contribution is -2.29. The number of hydrogen-bond acceptors (Lipinski definition) is 7. The average molecular weight is 471 g/mol. The third kappa shape index (κ3) is 7.70. The van der Waals surface area contributed by atoms with E-state index in [1.54, 1.807) is 0 Å². The molecule has 0 saturated heterocycles. The van der Waals surface area contributed by atoms with Crippen molar-refractivity contribution in [3.8, 4) is 17.2 Å². The molecular weight excluding hydrogens is 446 g/mol. The van der Waals surface area contributed by atoms with E-state index in [-0.39, 0.29) is 48.5 Å². The van der Waals surface area contributed by atoms with Crippen LogP contribution in [0.2, 0.25) is 0 Å². The van der Waals surface area contributed by atoms with Crippen LogP contribution in [-0.4, -0.2) is 63.4 Å². The Bertz CT molecular complexity index is 717. The Labute approximate surface area is 180 Å². The number of nitrogens with zero attached hydrogens (tertiary/aromatic N) is 1. The van der Waals surface area contributed by atoms with E-state index in [1.165, 1.54) is 44.2 Å². The van der Waals surface area contributed by atoms with Crippen molar-refractivity contribution in [3.05, 3.63) is 30.0 Å². The van der Waals surface area contributed by atoms with Gasteiger partial charge in [-0.1, -0.05) is 0 Å². The van der Waals surface area contributed by atoms with Crippen LogP contribution >= 0.6 is 30.9 Å². The predicted octanol–water partition coefficient (Wildman–Crippen LogP) is 3.25. The van der Waals surface area contributed by atoms with E-state index in [4.69, 9.17) is 52.2 Å². The highest BCUT2D eigenvalue weighted by Gasteiger charge is 2.26. The van der Waals surface area contributed by atoms with Crippen LogP contribution in [0, 0.1) is 0 Å². The van der Waals surface area contributed by atoms with E-state index in [2.05, 4.69) is 0 Å². The fourth-order valence-corrected chi connectivity index (χ4v) is 4.10. The monoisotopic (exact) mass is 470 g/mol. The van der Waals surface area contributed by atoms with Crippen LogP contribution in [0.25, 0.3) is 0 Å². The van der Waals surface area contributed by atoms with Crippen molar-refractivity contribution in [2.24, 2.45) is 5.50 Å². The van der Waals surface area contributed by atoms with Crippen LogP contribution in [0.4, 0.5) is 0 Å². The fraction of sp³-hybridized carbons (Fsp3) is 0.471. The molecule has 0 aliphatic carbocycles. The fourth-order valence-electron chi connectivity index (χ4n) is 2.23. The summed E-state index contributed by atoms with van der Waals surface area (Å²) in [5.74, 6) is 0.622. The van der Waals surface area contributed by atoms with Crippen LogP contribution in [0.1, 0.15) is 10.4 Å². The number of esters is 1. The molecule has 0 spiro atoms. The number of rotatable bonds is 13. The van der Waals surface area contributed by atoms with Gasteiger partial charge < -0.3 is 23.5 Å². The number of nitrogens with two attached hydrogens (primary N) is 1. The van der Waals surface area contributed by atoms with Gasteiger partial charge in [0, 0.05) is 37.0 Å². The third-order valence-corrected chi connectivity index (χ3v) is 5.67. The van der Waals surface area contributed by atoms with Crippen LogP contribution in [0.3, 0.4) is 0 Å². The molecule has 2 N–H and O–H groups in total. The minimum absolute atomic E-state index is 0.0845. The molecule has 9 nitrogen and oxygen atoms in total. The maximum Gasteiger partial charge on any atom is 0.350 e. The second-order valence-corrected chi connectivity index (χ2v) is 8.08. The lowest BCUT2D eigenvalue weighted by molar-refractivity contribution is 0.0654. The number of hydrogen-bond donors (Lipinski definition) is 1. The topological polar surface area (TPSA) is 110 Å². The van der Waals surface area contributed by atoms with E-state index < -0.39 is 13.6 Å². The number of methoxy groups -OCH3 is 3. The van der Waals surface area contributed by atoms with Gasteiger partial charge in [0.1, 0.15) is 22.8 Å². The summed E-state index contributed by atoms with van der Waals surface area (Å²) in [5.41, 5.74) is 5.81. The van der Waals surface area contributed by atoms with Gasteiger partial charge in [0.25, 0.3) is 0 Å². The van der Waals surface area contributed by atoms with E-state index >= 15 is 0 Å². The molecule has 0 amide bonds. The van der Waals surface area contributed by atoms with Crippen molar-refractivity contribution in [1.82, 2.24) is 4.67 Å². The lowest BCUT2D eigenvalue weighted by Gasteiger charge is -2.25. The van der Waals surface area contributed by atoms with E-state index in [0.717, 1.165) is 6.26 Å². The van der Waals surface area contributed by atoms with Gasteiger partial charge in [-0.05, 0) is 6.08 Å². The van der Waals surface area contributed by atoms with Gasteiger partial charge in [-0.25, -0.2) is 15.0 Å². The van der Waals surface area contributed by atoms with Crippen molar-refractivity contribution in [3.63, 3.8) is 0 Å². The van der Waals surface area contributed by atoms with Gasteiger partial charge in [-0.2, -0.15) is 0 Å². The minimum Gasteiger partial charge on any atom is -0.496 e. The molecular formula is C17H25Cl2N2O7P. The van der Waals surface area contributed by atoms with Gasteiger partial charge in [-0.3, -0.25) is 4.57 Å². The van der Waals surface area contributed by atoms with Crippen molar-refractivity contribution in [2.75, 3.05) is 52.8 Å². The highest BCUT2D eigenvalue weighted by Crippen LogP contribution is 2.42. The maximum absolute atomic E-state index is 12.4. The van der Waals surface area contributed by atoms with Crippen molar-refractivity contribution >= 4 is 36.8 Å². The first-order chi connectivity index (χ1) is 13.8. The number of carbonyl (C=O) groups excluding carboxylic acids is 1. The highest BCUT2D eigenvalue weighted by molar-refractivity contribution is 7.53. The summed E-state index contributed by atoms with van der Waals surface area (Å²) in [5, 5.41) is 0. The zero-order valence-corrected chi connectivity index (χ0v) is 18.8. The summed E-state index contributed by atoms with van der Waals surface area (Å²) in [7, 11) is 0.713. The molecule has 1 aromatic carbocycles. The molecule has 0 radical (unpaired) electrons. The molecule has 0 bridgehead atoms. The van der Waals surface area contributed by atoms with Gasteiger partial charge >= 0.3 is 13.6 Å². The standard InChI is InChI=1S/C17H25Cl2N2O7P/c1-24-13-11-14(25-2)16(15(12-13)26-3)17(22)27-9-4-10-28-29(20,23)21(7-5-18)8-6-19/h4,9,11-12H,5-8,10H2,1-3H3,(H2,20,23)/b9-4+. The van der Waals surface area contributed by atoms with Gasteiger partial charge in [-0.15, -0.1) is 23.2 Å². The number of benzene rings is 1. The first-order valence-electron chi connectivity index (χ1n) is 8.41. The first kappa shape index (κ1) is 25.6. The summed E-state index contributed by atoms with van der Waals surface area (Å²) in [4.78, 5) is 12.4. The van der Waals surface area contributed by atoms with E-state index in [9.17, 15) is 9.36 Å². The second-order valence-electron chi connectivity index (χ2n) is 5.38. The Balaban J connectivity index is 2.76. The Morgan fingerprint density at radius 3 is 2.10 bits per heavy atom. The molecule has 0 aliphatic rings. The highest BCUT2D eigenvalue weighted by atomic mass is 35.5. The quantitative estimate of drug-likeness (QED) is 0.201. The molecule has 0 fully saturated rings. The van der Waals surface area contributed by atoms with Gasteiger partial charge in [0.05, 0.1) is 34.2 Å². The minimum atomic E-state index is -3.57. The summed E-state index contributed by atoms with van der Waals surface area (Å²) >= 11 is 11.3. The molecule has 164 valence electrons. The summed E-state index contributed by atoms with van der Waals surface area (Å²) in [6.07, 6.45) is 2.44. The van der Waals surface area contributed by atoms with Crippen molar-refractivity contribution in [2.45, 2.75) is 0 Å². The molecule has 0 aromatic heterocycles. The molecule has 29 heavy (non-hydrogen) atoms. The number of halogens is 2. The molecule has 0 heterocycles. The summed E-state index contributed by atoms with van der Waals surface area (Å²) < 4.78 is 39.6. The van der Waals surface area contributed by atoms with Crippen LogP contribution < -0.4 is 19.7 Å². The SMILES string of the molecule is COc1cc(OC)c(C(=O)O/C=C/COP(N)(=O)N(CCCl)CCCl)c(OC)c1. The van der Waals surface area contributed by atoms with Crippen LogP contribution in [0.15, 0.2) is 24.5 Å². The second kappa shape index (κ2) is 13.0. The zero-order chi connectivity index (χ0) is 21.9. The first-order valence-corrected chi connectivity index (χ1v) is 11.1. The lowest BCUT2D eigenvalue weighted by atomic mass is 10.1. The zero-order valence-electron chi connectivity index (χ0n) is 16.4. The van der Waals surface area contributed by atoms with E-state index in [1.807, 2.05) is 0 Å². The number of alkyl halides is 2. The van der Waals surface area contributed by atoms with E-state index in [0.29, 0.717) is 5.75 Å². The molecule has 1 unspecified atom stereocenters. The van der Waals surface area contributed by atoms with Crippen LogP contribution in [0.5, 0.6) is 17.2 Å². The van der Waals surface area contributed by atoms with Crippen molar-refractivity contribution < 1.29 is 32.8 Å².